The number of hydrogen-bond donors (Lipinski definition) is 16. The molecular formula is C26H46O22. The monoisotopic (exact) mass is 710 g/mol. The lowest BCUT2D eigenvalue weighted by Gasteiger charge is -2.49. The largest absolute Gasteiger partial charge is 0.394 e. The van der Waals surface area contributed by atoms with E-state index in [1.807, 2.05) is 0 Å². The van der Waals surface area contributed by atoms with E-state index in [9.17, 15) is 81.7 Å². The van der Waals surface area contributed by atoms with Crippen LogP contribution in [0.1, 0.15) is 0 Å². The van der Waals surface area contributed by atoms with Crippen LogP contribution in [0.3, 0.4) is 0 Å². The van der Waals surface area contributed by atoms with Gasteiger partial charge in [0.25, 0.3) is 0 Å². The highest BCUT2D eigenvalue weighted by molar-refractivity contribution is 5.03. The minimum atomic E-state index is -2.26. The third-order valence-corrected chi connectivity index (χ3v) is 9.11. The van der Waals surface area contributed by atoms with E-state index in [1.54, 1.807) is 0 Å². The summed E-state index contributed by atoms with van der Waals surface area (Å²) < 4.78 is 32.3. The highest BCUT2D eigenvalue weighted by Crippen LogP contribution is 2.34. The maximum Gasteiger partial charge on any atom is 0.187 e. The normalized spacial score (nSPS) is 51.8. The van der Waals surface area contributed by atoms with Crippen LogP contribution >= 0.6 is 0 Å². The van der Waals surface area contributed by atoms with E-state index in [2.05, 4.69) is 0 Å². The van der Waals surface area contributed by atoms with E-state index in [0.717, 1.165) is 0 Å². The van der Waals surface area contributed by atoms with Gasteiger partial charge in [-0.15, -0.1) is 0 Å². The molecule has 22 atom stereocenters. The Morgan fingerprint density at radius 2 is 0.688 bits per heavy atom. The molecule has 0 aromatic carbocycles. The van der Waals surface area contributed by atoms with Crippen molar-refractivity contribution in [1.82, 2.24) is 0 Å². The molecule has 4 aliphatic heterocycles. The molecule has 4 unspecified atom stereocenters. The highest BCUT2D eigenvalue weighted by atomic mass is 16.7. The molecule has 0 spiro atoms. The third kappa shape index (κ3) is 7.65. The molecule has 4 aliphatic rings. The second-order valence-corrected chi connectivity index (χ2v) is 12.2. The van der Waals surface area contributed by atoms with Crippen molar-refractivity contribution < 1.29 is 110 Å². The van der Waals surface area contributed by atoms with Gasteiger partial charge in [0.05, 0.1) is 26.4 Å². The lowest BCUT2D eigenvalue weighted by Crippen LogP contribution is -2.69. The van der Waals surface area contributed by atoms with Gasteiger partial charge in [-0.3, -0.25) is 0 Å². The molecule has 0 saturated carbocycles. The lowest BCUT2D eigenvalue weighted by atomic mass is 9.85. The van der Waals surface area contributed by atoms with Crippen LogP contribution in [0.5, 0.6) is 0 Å². The van der Waals surface area contributed by atoms with Gasteiger partial charge in [-0.1, -0.05) is 0 Å². The van der Waals surface area contributed by atoms with Crippen LogP contribution in [0.2, 0.25) is 0 Å². The van der Waals surface area contributed by atoms with Crippen LogP contribution in [-0.2, 0) is 28.4 Å². The summed E-state index contributed by atoms with van der Waals surface area (Å²) in [6, 6.07) is 0. The summed E-state index contributed by atoms with van der Waals surface area (Å²) in [6.45, 7) is -3.55. The van der Waals surface area contributed by atoms with E-state index in [1.165, 1.54) is 0 Å². The highest BCUT2D eigenvalue weighted by Gasteiger charge is 2.56. The Morgan fingerprint density at radius 3 is 0.979 bits per heavy atom. The van der Waals surface area contributed by atoms with Crippen molar-refractivity contribution in [2.24, 2.45) is 0 Å². The quantitative estimate of drug-likeness (QED) is 0.0946. The van der Waals surface area contributed by atoms with Crippen molar-refractivity contribution in [3.05, 3.63) is 0 Å². The first kappa shape index (κ1) is 39.9. The fraction of sp³-hybridized carbons (Fsp3) is 1.00. The first-order chi connectivity index (χ1) is 22.6. The maximum absolute atomic E-state index is 11.0. The van der Waals surface area contributed by atoms with E-state index < -0.39 is 161 Å². The Morgan fingerprint density at radius 1 is 0.375 bits per heavy atom. The molecule has 0 aromatic heterocycles. The predicted molar refractivity (Wildman–Crippen MR) is 145 cm³/mol. The summed E-state index contributed by atoms with van der Waals surface area (Å²) in [5, 5.41) is 165. The van der Waals surface area contributed by atoms with E-state index in [4.69, 9.17) is 28.4 Å². The van der Waals surface area contributed by atoms with Gasteiger partial charge < -0.3 is 110 Å². The van der Waals surface area contributed by atoms with Gasteiger partial charge in [0.15, 0.2) is 12.6 Å². The van der Waals surface area contributed by atoms with E-state index in [-0.39, 0.29) is 0 Å². The third-order valence-electron chi connectivity index (χ3n) is 9.11. The fourth-order valence-corrected chi connectivity index (χ4v) is 6.19. The van der Waals surface area contributed by atoms with Crippen molar-refractivity contribution in [1.29, 1.82) is 0 Å². The van der Waals surface area contributed by atoms with Crippen molar-refractivity contribution in [3.63, 3.8) is 0 Å². The number of aliphatic hydroxyl groups excluding tert-OH is 16. The smallest absolute Gasteiger partial charge is 0.187 e. The number of rotatable bonds is 11. The number of hydrogen-bond acceptors (Lipinski definition) is 22. The molecule has 48 heavy (non-hydrogen) atoms. The van der Waals surface area contributed by atoms with Crippen molar-refractivity contribution in [2.45, 2.75) is 135 Å². The van der Waals surface area contributed by atoms with Gasteiger partial charge in [-0.2, -0.15) is 0 Å². The van der Waals surface area contributed by atoms with E-state index in [0.29, 0.717) is 0 Å². The molecule has 4 rings (SSSR count). The second kappa shape index (κ2) is 16.6. The summed E-state index contributed by atoms with van der Waals surface area (Å²) in [5.41, 5.74) is 0. The topological polar surface area (TPSA) is 379 Å². The van der Waals surface area contributed by atoms with Crippen LogP contribution in [0.15, 0.2) is 0 Å². The molecule has 0 amide bonds. The van der Waals surface area contributed by atoms with Gasteiger partial charge in [0.2, 0.25) is 0 Å². The Labute approximate surface area is 271 Å². The average molecular weight is 711 g/mol. The molecule has 4 fully saturated rings. The number of ether oxygens (including phenoxy) is 6. The molecule has 0 aliphatic carbocycles. The van der Waals surface area contributed by atoms with Crippen molar-refractivity contribution in [2.75, 3.05) is 26.4 Å². The summed E-state index contributed by atoms with van der Waals surface area (Å²) in [6.07, 6.45) is -41.0. The van der Waals surface area contributed by atoms with Gasteiger partial charge in [-0.05, 0) is 0 Å². The Hall–Kier alpha value is -0.880. The molecular weight excluding hydrogens is 664 g/mol. The molecule has 4 heterocycles. The van der Waals surface area contributed by atoms with Crippen molar-refractivity contribution in [3.8, 4) is 0 Å². The molecule has 22 nitrogen and oxygen atoms in total. The summed E-state index contributed by atoms with van der Waals surface area (Å²) in [4.78, 5) is 0. The van der Waals surface area contributed by atoms with Gasteiger partial charge in [0, 0.05) is 0 Å². The molecule has 22 heteroatoms. The second-order valence-electron chi connectivity index (χ2n) is 12.2. The molecule has 0 aromatic rings. The zero-order chi connectivity index (χ0) is 35.8. The zero-order valence-electron chi connectivity index (χ0n) is 25.1. The average Bonchev–Trinajstić information content (AvgIpc) is 3.08. The minimum Gasteiger partial charge on any atom is -0.394 e. The number of aliphatic hydroxyl groups is 16. The first-order valence-corrected chi connectivity index (χ1v) is 15.2. The molecule has 4 saturated heterocycles. The summed E-state index contributed by atoms with van der Waals surface area (Å²) in [7, 11) is 0. The molecule has 282 valence electrons. The van der Waals surface area contributed by atoms with Gasteiger partial charge in [-0.25, -0.2) is 0 Å². The fourth-order valence-electron chi connectivity index (χ4n) is 6.19. The zero-order valence-corrected chi connectivity index (χ0v) is 25.1. The SMILES string of the molecule is OC[C@@H]1O[C@H](O[C@@H]2[C@@H](O)[C@H](O)C(C(O)C(O)C3O[C@@H](CO)[C@H](O[C@H]4O[C@@H](CO)[C@@H](O)[C@@H](O)[C@@H]4O)[C@@H](O)[C@@H]3O)O[C@H]2CO)[C@@H](O)[C@H](O)[C@@H]1O. The van der Waals surface area contributed by atoms with Gasteiger partial charge >= 0.3 is 0 Å². The summed E-state index contributed by atoms with van der Waals surface area (Å²) >= 11 is 0. The Kier molecular flexibility index (Phi) is 13.8. The lowest BCUT2D eigenvalue weighted by molar-refractivity contribution is -0.353. The summed E-state index contributed by atoms with van der Waals surface area (Å²) in [5.74, 6) is 0. The van der Waals surface area contributed by atoms with Gasteiger partial charge in [0.1, 0.15) is 122 Å². The Balaban J connectivity index is 1.44. The van der Waals surface area contributed by atoms with E-state index >= 15 is 0 Å². The van der Waals surface area contributed by atoms with Crippen LogP contribution in [-0.4, -0.2) is 243 Å². The molecule has 0 bridgehead atoms. The van der Waals surface area contributed by atoms with Crippen LogP contribution in [0.4, 0.5) is 0 Å². The maximum atomic E-state index is 11.0. The predicted octanol–water partition coefficient (Wildman–Crippen LogP) is -11.0. The first-order valence-electron chi connectivity index (χ1n) is 15.2. The standard InChI is InChI=1S/C26H46O22/c27-1-5-9(31)11(33)19(41)25(45-5)47-21-7(3-29)43-23(15(37)13(21)35)17(39)18(40)24-16(38)14(36)22(8(4-30)44-24)48-26-20(42)12(34)10(32)6(2-28)46-26/h5-42H,1-4H2/t5-,6-,7-,8-,9+,10+,11+,12+,13-,14-,15-,16-,17?,18?,19-,20-,21-,22-,23?,24?,25+,26+/m0/s1. The molecule has 0 radical (unpaired) electrons. The van der Waals surface area contributed by atoms with Crippen molar-refractivity contribution >= 4 is 0 Å². The molecule has 16 N–H and O–H groups in total. The van der Waals surface area contributed by atoms with Crippen LogP contribution < -0.4 is 0 Å². The van der Waals surface area contributed by atoms with Crippen LogP contribution in [0.25, 0.3) is 0 Å². The van der Waals surface area contributed by atoms with Crippen LogP contribution in [0, 0.1) is 0 Å². The minimum absolute atomic E-state index is 0.811. The Bertz CT molecular complexity index is 913.